The number of carboxylic acids is 1. The van der Waals surface area contributed by atoms with Gasteiger partial charge in [-0.05, 0) is 13.3 Å². The summed E-state index contributed by atoms with van der Waals surface area (Å²) < 4.78 is 5.24. The molecule has 0 radical (unpaired) electrons. The molecule has 3 N–H and O–H groups in total. The molecule has 0 heterocycles. The first-order valence-electron chi connectivity index (χ1n) is 6.95. The fourth-order valence-corrected chi connectivity index (χ4v) is 1.64. The van der Waals surface area contributed by atoms with E-state index in [0.717, 1.165) is 19.3 Å². The van der Waals surface area contributed by atoms with Gasteiger partial charge in [0.1, 0.15) is 0 Å². The first kappa shape index (κ1) is 17.7. The maximum Gasteiger partial charge on any atom is 0.314 e. The third-order valence-electron chi connectivity index (χ3n) is 2.61. The molecule has 0 fully saturated rings. The fourth-order valence-electron chi connectivity index (χ4n) is 1.64. The van der Waals surface area contributed by atoms with Crippen molar-refractivity contribution in [3.8, 4) is 0 Å². The van der Waals surface area contributed by atoms with Crippen molar-refractivity contribution >= 4 is 12.0 Å². The lowest BCUT2D eigenvalue weighted by molar-refractivity contribution is -0.140. The van der Waals surface area contributed by atoms with E-state index in [1.165, 1.54) is 6.42 Å². The summed E-state index contributed by atoms with van der Waals surface area (Å²) in [4.78, 5) is 22.0. The van der Waals surface area contributed by atoms with Crippen LogP contribution >= 0.6 is 0 Å². The molecule has 2 amide bonds. The molecule has 112 valence electrons. The predicted octanol–water partition coefficient (Wildman–Crippen LogP) is 1.75. The zero-order valence-corrected chi connectivity index (χ0v) is 11.9. The van der Waals surface area contributed by atoms with Crippen molar-refractivity contribution in [1.29, 1.82) is 0 Å². The highest BCUT2D eigenvalue weighted by Crippen LogP contribution is 1.98. The van der Waals surface area contributed by atoms with Crippen LogP contribution in [0.15, 0.2) is 0 Å². The molecule has 6 nitrogen and oxygen atoms in total. The number of carbonyl (C=O) groups is 2. The second-order valence-electron chi connectivity index (χ2n) is 4.37. The summed E-state index contributed by atoms with van der Waals surface area (Å²) in [7, 11) is 0. The lowest BCUT2D eigenvalue weighted by Crippen LogP contribution is -2.41. The summed E-state index contributed by atoms with van der Waals surface area (Å²) in [6.07, 6.45) is 3.83. The van der Waals surface area contributed by atoms with Gasteiger partial charge in [0.15, 0.2) is 0 Å². The Morgan fingerprint density at radius 1 is 1.16 bits per heavy atom. The summed E-state index contributed by atoms with van der Waals surface area (Å²) in [5, 5.41) is 14.1. The van der Waals surface area contributed by atoms with Crippen molar-refractivity contribution < 1.29 is 19.4 Å². The monoisotopic (exact) mass is 274 g/mol. The quantitative estimate of drug-likeness (QED) is 0.501. The van der Waals surface area contributed by atoms with Crippen LogP contribution in [0.1, 0.15) is 46.0 Å². The fraction of sp³-hybridized carbons (Fsp3) is 0.846. The molecule has 0 aliphatic heterocycles. The van der Waals surface area contributed by atoms with Crippen molar-refractivity contribution in [1.82, 2.24) is 10.6 Å². The minimum Gasteiger partial charge on any atom is -0.481 e. The van der Waals surface area contributed by atoms with Gasteiger partial charge in [-0.25, -0.2) is 4.79 Å². The topological polar surface area (TPSA) is 87.7 Å². The average molecular weight is 274 g/mol. The van der Waals surface area contributed by atoms with Gasteiger partial charge in [0.2, 0.25) is 0 Å². The maximum absolute atomic E-state index is 11.4. The zero-order chi connectivity index (χ0) is 14.5. The van der Waals surface area contributed by atoms with Crippen LogP contribution in [-0.2, 0) is 9.53 Å². The smallest absolute Gasteiger partial charge is 0.314 e. The van der Waals surface area contributed by atoms with Crippen LogP contribution in [0.3, 0.4) is 0 Å². The van der Waals surface area contributed by atoms with Gasteiger partial charge in [0.25, 0.3) is 0 Å². The molecular formula is C13H26N2O4. The summed E-state index contributed by atoms with van der Waals surface area (Å²) in [6.45, 7) is 5.21. The van der Waals surface area contributed by atoms with E-state index >= 15 is 0 Å². The Balaban J connectivity index is 3.69. The molecule has 0 aromatic carbocycles. The number of urea groups is 1. The van der Waals surface area contributed by atoms with E-state index in [0.29, 0.717) is 13.2 Å². The minimum absolute atomic E-state index is 0.107. The average Bonchev–Trinajstić information content (AvgIpc) is 2.35. The molecular weight excluding hydrogens is 248 g/mol. The number of rotatable bonds is 11. The van der Waals surface area contributed by atoms with E-state index in [-0.39, 0.29) is 19.0 Å². The van der Waals surface area contributed by atoms with E-state index < -0.39 is 12.1 Å². The SMILES string of the molecule is CCCCCCNC(=O)NCC(CC(=O)O)OCC. The van der Waals surface area contributed by atoms with Gasteiger partial charge >= 0.3 is 12.0 Å². The maximum atomic E-state index is 11.4. The zero-order valence-electron chi connectivity index (χ0n) is 11.9. The van der Waals surface area contributed by atoms with Crippen LogP contribution in [0.5, 0.6) is 0 Å². The van der Waals surface area contributed by atoms with Gasteiger partial charge in [-0.3, -0.25) is 4.79 Å². The normalized spacial score (nSPS) is 11.9. The van der Waals surface area contributed by atoms with Crippen molar-refractivity contribution in [2.45, 2.75) is 52.1 Å². The molecule has 0 aromatic heterocycles. The highest BCUT2D eigenvalue weighted by atomic mass is 16.5. The molecule has 0 saturated heterocycles. The molecule has 1 unspecified atom stereocenters. The molecule has 1 atom stereocenters. The second kappa shape index (κ2) is 11.8. The van der Waals surface area contributed by atoms with Gasteiger partial charge in [0.05, 0.1) is 12.5 Å². The molecule has 0 saturated carbocycles. The Bertz CT molecular complexity index is 259. The van der Waals surface area contributed by atoms with Gasteiger partial charge in [0, 0.05) is 19.7 Å². The number of ether oxygens (including phenoxy) is 1. The molecule has 19 heavy (non-hydrogen) atoms. The minimum atomic E-state index is -0.930. The third kappa shape index (κ3) is 11.5. The van der Waals surface area contributed by atoms with Gasteiger partial charge in [-0.15, -0.1) is 0 Å². The lowest BCUT2D eigenvalue weighted by atomic mass is 10.2. The number of amides is 2. The molecule has 0 rings (SSSR count). The van der Waals surface area contributed by atoms with Gasteiger partial charge in [-0.1, -0.05) is 26.2 Å². The summed E-state index contributed by atoms with van der Waals surface area (Å²) in [5.74, 6) is -0.930. The Kier molecular flexibility index (Phi) is 11.0. The van der Waals surface area contributed by atoms with Crippen LogP contribution in [-0.4, -0.2) is 42.9 Å². The number of carboxylic acid groups (broad SMARTS) is 1. The van der Waals surface area contributed by atoms with Crippen LogP contribution in [0.4, 0.5) is 4.79 Å². The molecule has 6 heteroatoms. The molecule has 0 bridgehead atoms. The van der Waals surface area contributed by atoms with Gasteiger partial charge in [-0.2, -0.15) is 0 Å². The Morgan fingerprint density at radius 3 is 2.47 bits per heavy atom. The number of carbonyl (C=O) groups excluding carboxylic acids is 1. The first-order chi connectivity index (χ1) is 9.10. The predicted molar refractivity (Wildman–Crippen MR) is 73.2 cm³/mol. The molecule has 0 aliphatic rings. The summed E-state index contributed by atoms with van der Waals surface area (Å²) in [6, 6.07) is -0.272. The van der Waals surface area contributed by atoms with Crippen LogP contribution in [0.2, 0.25) is 0 Å². The molecule has 0 spiro atoms. The number of unbranched alkanes of at least 4 members (excludes halogenated alkanes) is 3. The van der Waals surface area contributed by atoms with Crippen molar-refractivity contribution in [3.05, 3.63) is 0 Å². The largest absolute Gasteiger partial charge is 0.481 e. The standard InChI is InChI=1S/C13H26N2O4/c1-3-5-6-7-8-14-13(18)15-10-11(19-4-2)9-12(16)17/h11H,3-10H2,1-2H3,(H,16,17)(H2,14,15,18). The molecule has 0 aliphatic carbocycles. The Labute approximate surface area is 114 Å². The van der Waals surface area contributed by atoms with E-state index in [1.807, 2.05) is 0 Å². The van der Waals surface area contributed by atoms with E-state index in [1.54, 1.807) is 6.92 Å². The highest BCUT2D eigenvalue weighted by molar-refractivity contribution is 5.74. The van der Waals surface area contributed by atoms with Crippen molar-refractivity contribution in [3.63, 3.8) is 0 Å². The number of hydrogen-bond acceptors (Lipinski definition) is 3. The van der Waals surface area contributed by atoms with Crippen molar-refractivity contribution in [2.75, 3.05) is 19.7 Å². The third-order valence-corrected chi connectivity index (χ3v) is 2.61. The summed E-state index contributed by atoms with van der Waals surface area (Å²) in [5.41, 5.74) is 0. The summed E-state index contributed by atoms with van der Waals surface area (Å²) >= 11 is 0. The van der Waals surface area contributed by atoms with E-state index in [9.17, 15) is 9.59 Å². The lowest BCUT2D eigenvalue weighted by Gasteiger charge is -2.16. The van der Waals surface area contributed by atoms with Crippen molar-refractivity contribution in [2.24, 2.45) is 0 Å². The number of hydrogen-bond donors (Lipinski definition) is 3. The van der Waals surface area contributed by atoms with Crippen LogP contribution < -0.4 is 10.6 Å². The number of nitrogens with one attached hydrogen (secondary N) is 2. The molecule has 0 aromatic rings. The Hall–Kier alpha value is -1.30. The van der Waals surface area contributed by atoms with E-state index in [4.69, 9.17) is 9.84 Å². The van der Waals surface area contributed by atoms with Crippen LogP contribution in [0, 0.1) is 0 Å². The number of aliphatic carboxylic acids is 1. The van der Waals surface area contributed by atoms with E-state index in [2.05, 4.69) is 17.6 Å². The highest BCUT2D eigenvalue weighted by Gasteiger charge is 2.14. The second-order valence-corrected chi connectivity index (χ2v) is 4.37. The van der Waals surface area contributed by atoms with Gasteiger partial charge < -0.3 is 20.5 Å². The first-order valence-corrected chi connectivity index (χ1v) is 6.95. The van der Waals surface area contributed by atoms with Crippen LogP contribution in [0.25, 0.3) is 0 Å². The Morgan fingerprint density at radius 2 is 1.89 bits per heavy atom.